The molecule has 35 heavy (non-hydrogen) atoms. The maximum atomic E-state index is 12.9. The van der Waals surface area contributed by atoms with Gasteiger partial charge in [0.2, 0.25) is 5.78 Å². The normalized spacial score (nSPS) is 15.2. The second-order valence-electron chi connectivity index (χ2n) is 9.61. The molecule has 1 aromatic carbocycles. The van der Waals surface area contributed by atoms with Gasteiger partial charge in [-0.05, 0) is 76.6 Å². The molecule has 0 saturated carbocycles. The van der Waals surface area contributed by atoms with Gasteiger partial charge in [0.15, 0.2) is 6.61 Å². The Morgan fingerprint density at radius 3 is 2.74 bits per heavy atom. The van der Waals surface area contributed by atoms with Gasteiger partial charge in [-0.3, -0.25) is 14.2 Å². The highest BCUT2D eigenvalue weighted by atomic mass is 16.5. The number of Topliss-reactive ketones (excluding diaryl/α,β-unsaturated/α-hetero) is 1. The predicted molar refractivity (Wildman–Crippen MR) is 134 cm³/mol. The number of fused-ring (bicyclic) bond motifs is 2. The Labute approximate surface area is 204 Å². The van der Waals surface area contributed by atoms with E-state index < -0.39 is 5.97 Å². The lowest BCUT2D eigenvalue weighted by Crippen LogP contribution is -2.21. The molecular weight excluding hydrogens is 442 g/mol. The number of carbonyl (C=O) groups is 2. The average Bonchev–Trinajstić information content (AvgIpc) is 3.45. The molecular formula is C28H31N3O4. The Morgan fingerprint density at radius 1 is 1.09 bits per heavy atom. The van der Waals surface area contributed by atoms with Crippen molar-refractivity contribution in [1.29, 1.82) is 0 Å². The minimum atomic E-state index is -0.597. The van der Waals surface area contributed by atoms with E-state index in [1.165, 1.54) is 31.3 Å². The third-order valence-electron chi connectivity index (χ3n) is 7.30. The SMILES string of the molecule is Cc1cc(C(=O)COC(=O)c2ccc3c(=O)n4c(nc3c2)CCC4)c(C)n1CCC1=CCCCC1. The quantitative estimate of drug-likeness (QED) is 0.282. The number of ketones is 1. The molecule has 0 unspecified atom stereocenters. The first-order valence-corrected chi connectivity index (χ1v) is 12.5. The van der Waals surface area contributed by atoms with Crippen LogP contribution in [-0.4, -0.2) is 32.5 Å². The van der Waals surface area contributed by atoms with Crippen molar-refractivity contribution in [3.63, 3.8) is 0 Å². The van der Waals surface area contributed by atoms with Crippen molar-refractivity contribution in [2.75, 3.05) is 6.61 Å². The summed E-state index contributed by atoms with van der Waals surface area (Å²) in [6.07, 6.45) is 9.88. The van der Waals surface area contributed by atoms with Gasteiger partial charge in [0.1, 0.15) is 5.82 Å². The van der Waals surface area contributed by atoms with E-state index in [-0.39, 0.29) is 23.5 Å². The Kier molecular flexibility index (Phi) is 6.41. The summed E-state index contributed by atoms with van der Waals surface area (Å²) in [6.45, 7) is 5.16. The Hall–Kier alpha value is -3.48. The van der Waals surface area contributed by atoms with Gasteiger partial charge in [-0.25, -0.2) is 9.78 Å². The van der Waals surface area contributed by atoms with Crippen LogP contribution in [0.5, 0.6) is 0 Å². The van der Waals surface area contributed by atoms with Gasteiger partial charge in [-0.2, -0.15) is 0 Å². The topological polar surface area (TPSA) is 83.2 Å². The van der Waals surface area contributed by atoms with E-state index in [4.69, 9.17) is 4.74 Å². The lowest BCUT2D eigenvalue weighted by atomic mass is 9.97. The number of hydrogen-bond acceptors (Lipinski definition) is 5. The van der Waals surface area contributed by atoms with Crippen LogP contribution in [0.25, 0.3) is 10.9 Å². The zero-order valence-corrected chi connectivity index (χ0v) is 20.4. The molecule has 7 heteroatoms. The van der Waals surface area contributed by atoms with E-state index >= 15 is 0 Å². The van der Waals surface area contributed by atoms with Gasteiger partial charge in [-0.1, -0.05) is 11.6 Å². The number of rotatable bonds is 7. The van der Waals surface area contributed by atoms with Crippen molar-refractivity contribution < 1.29 is 14.3 Å². The van der Waals surface area contributed by atoms with Gasteiger partial charge >= 0.3 is 5.97 Å². The number of benzene rings is 1. The number of carbonyl (C=O) groups excluding carboxylic acids is 2. The molecule has 2 aromatic heterocycles. The number of aryl methyl sites for hydroxylation is 2. The zero-order valence-electron chi connectivity index (χ0n) is 20.4. The molecule has 2 aliphatic rings. The number of hydrogen-bond donors (Lipinski definition) is 0. The zero-order chi connectivity index (χ0) is 24.5. The van der Waals surface area contributed by atoms with E-state index in [1.807, 2.05) is 19.9 Å². The molecule has 0 saturated heterocycles. The molecule has 3 heterocycles. The first kappa shape index (κ1) is 23.3. The molecule has 1 aliphatic heterocycles. The number of aromatic nitrogens is 3. The second kappa shape index (κ2) is 9.64. The first-order chi connectivity index (χ1) is 16.9. The van der Waals surface area contributed by atoms with Crippen LogP contribution >= 0.6 is 0 Å². The Balaban J connectivity index is 1.26. The number of ether oxygens (including phenoxy) is 1. The van der Waals surface area contributed by atoms with Gasteiger partial charge in [0.05, 0.1) is 16.5 Å². The lowest BCUT2D eigenvalue weighted by molar-refractivity contribution is 0.0474. The van der Waals surface area contributed by atoms with Gasteiger partial charge < -0.3 is 9.30 Å². The van der Waals surface area contributed by atoms with Crippen molar-refractivity contribution in [3.05, 3.63) is 74.6 Å². The fraction of sp³-hybridized carbons (Fsp3) is 0.429. The Morgan fingerprint density at radius 2 is 1.94 bits per heavy atom. The molecule has 3 aromatic rings. The molecule has 0 spiro atoms. The number of esters is 1. The standard InChI is InChI=1S/C28H31N3O4/c1-18-15-23(19(2)30(18)14-12-20-7-4-3-5-8-20)25(32)17-35-28(34)21-10-11-22-24(16-21)29-26-9-6-13-31(26)27(22)33/h7,10-11,15-16H,3-6,8-9,12-14,17H2,1-2H3. The molecule has 0 bridgehead atoms. The highest BCUT2D eigenvalue weighted by molar-refractivity contribution is 6.01. The van der Waals surface area contributed by atoms with E-state index in [9.17, 15) is 14.4 Å². The van der Waals surface area contributed by atoms with Crippen LogP contribution in [0.2, 0.25) is 0 Å². The fourth-order valence-electron chi connectivity index (χ4n) is 5.32. The van der Waals surface area contributed by atoms with Crippen molar-refractivity contribution in [2.24, 2.45) is 0 Å². The second-order valence-corrected chi connectivity index (χ2v) is 9.61. The van der Waals surface area contributed by atoms with Crippen LogP contribution in [0.3, 0.4) is 0 Å². The summed E-state index contributed by atoms with van der Waals surface area (Å²) in [6, 6.07) is 6.64. The van der Waals surface area contributed by atoms with E-state index in [1.54, 1.807) is 22.8 Å². The smallest absolute Gasteiger partial charge is 0.338 e. The molecule has 5 rings (SSSR count). The Bertz CT molecular complexity index is 1410. The van der Waals surface area contributed by atoms with Crippen LogP contribution in [0.15, 0.2) is 40.7 Å². The highest BCUT2D eigenvalue weighted by Crippen LogP contribution is 2.23. The molecule has 7 nitrogen and oxygen atoms in total. The molecule has 1 aliphatic carbocycles. The summed E-state index contributed by atoms with van der Waals surface area (Å²) in [5, 5.41) is 0.486. The lowest BCUT2D eigenvalue weighted by Gasteiger charge is -2.15. The van der Waals surface area contributed by atoms with Crippen molar-refractivity contribution in [2.45, 2.75) is 71.9 Å². The van der Waals surface area contributed by atoms with E-state index in [2.05, 4.69) is 15.6 Å². The third-order valence-corrected chi connectivity index (χ3v) is 7.30. The van der Waals surface area contributed by atoms with E-state index in [0.29, 0.717) is 23.0 Å². The van der Waals surface area contributed by atoms with Crippen LogP contribution in [-0.2, 0) is 24.2 Å². The summed E-state index contributed by atoms with van der Waals surface area (Å²) in [7, 11) is 0. The van der Waals surface area contributed by atoms with E-state index in [0.717, 1.165) is 43.0 Å². The van der Waals surface area contributed by atoms with Gasteiger partial charge in [-0.15, -0.1) is 0 Å². The van der Waals surface area contributed by atoms with Gasteiger partial charge in [0.25, 0.3) is 5.56 Å². The summed E-state index contributed by atoms with van der Waals surface area (Å²) in [4.78, 5) is 42.8. The largest absolute Gasteiger partial charge is 0.454 e. The first-order valence-electron chi connectivity index (χ1n) is 12.5. The predicted octanol–water partition coefficient (Wildman–Crippen LogP) is 4.69. The average molecular weight is 474 g/mol. The molecule has 182 valence electrons. The maximum absolute atomic E-state index is 12.9. The highest BCUT2D eigenvalue weighted by Gasteiger charge is 2.20. The van der Waals surface area contributed by atoms with Crippen LogP contribution in [0, 0.1) is 13.8 Å². The van der Waals surface area contributed by atoms with Crippen molar-refractivity contribution in [1.82, 2.24) is 14.1 Å². The molecule has 0 atom stereocenters. The fourth-order valence-corrected chi connectivity index (χ4v) is 5.32. The maximum Gasteiger partial charge on any atom is 0.338 e. The van der Waals surface area contributed by atoms with Crippen molar-refractivity contribution >= 4 is 22.7 Å². The van der Waals surface area contributed by atoms with Crippen LogP contribution in [0.4, 0.5) is 0 Å². The summed E-state index contributed by atoms with van der Waals surface area (Å²) >= 11 is 0. The summed E-state index contributed by atoms with van der Waals surface area (Å²) < 4.78 is 9.23. The number of allylic oxidation sites excluding steroid dienone is 2. The molecule has 0 N–H and O–H groups in total. The molecule has 0 radical (unpaired) electrons. The molecule has 0 amide bonds. The minimum absolute atomic E-state index is 0.0762. The number of nitrogens with zero attached hydrogens (tertiary/aromatic N) is 3. The molecule has 0 fully saturated rings. The van der Waals surface area contributed by atoms with Crippen molar-refractivity contribution in [3.8, 4) is 0 Å². The van der Waals surface area contributed by atoms with Crippen LogP contribution in [0.1, 0.15) is 76.5 Å². The summed E-state index contributed by atoms with van der Waals surface area (Å²) in [5.74, 6) is -0.0661. The third kappa shape index (κ3) is 4.59. The van der Waals surface area contributed by atoms with Crippen LogP contribution < -0.4 is 5.56 Å². The minimum Gasteiger partial charge on any atom is -0.454 e. The summed E-state index contributed by atoms with van der Waals surface area (Å²) in [5.41, 5.74) is 4.73. The monoisotopic (exact) mass is 473 g/mol. The van der Waals surface area contributed by atoms with Gasteiger partial charge in [0, 0.05) is 36.5 Å².